The maximum Gasteiger partial charge on any atom is 0.213 e. The van der Waals surface area contributed by atoms with Gasteiger partial charge in [-0.1, -0.05) is 12.1 Å². The number of H-pyrrole nitrogens is 1. The lowest BCUT2D eigenvalue weighted by atomic mass is 10.0. The van der Waals surface area contributed by atoms with Crippen molar-refractivity contribution in [3.05, 3.63) is 71.2 Å². The number of hydrogen-bond acceptors (Lipinski definition) is 6. The quantitative estimate of drug-likeness (QED) is 0.475. The Hall–Kier alpha value is -3.45. The molecule has 0 aliphatic carbocycles. The molecule has 3 heterocycles. The average molecular weight is 418 g/mol. The third-order valence-electron chi connectivity index (χ3n) is 5.39. The fourth-order valence-corrected chi connectivity index (χ4v) is 3.80. The molecule has 31 heavy (non-hydrogen) atoms. The Labute approximate surface area is 181 Å². The first-order chi connectivity index (χ1) is 15.0. The summed E-state index contributed by atoms with van der Waals surface area (Å²) in [5.74, 6) is -0.174. The monoisotopic (exact) mass is 417 g/mol. The molecule has 3 aromatic rings. The van der Waals surface area contributed by atoms with Gasteiger partial charge in [0, 0.05) is 49.3 Å². The zero-order valence-corrected chi connectivity index (χ0v) is 17.9. The van der Waals surface area contributed by atoms with Gasteiger partial charge in [0.1, 0.15) is 11.4 Å². The first-order valence-corrected chi connectivity index (χ1v) is 10.4. The van der Waals surface area contributed by atoms with Gasteiger partial charge in [-0.2, -0.15) is 0 Å². The number of nitrogens with two attached hydrogens (primary N) is 1. The number of anilines is 1. The molecule has 7 heteroatoms. The maximum atomic E-state index is 13.0. The Balaban J connectivity index is 1.56. The fraction of sp³-hybridized carbons (Fsp3) is 0.292. The molecule has 160 valence electrons. The summed E-state index contributed by atoms with van der Waals surface area (Å²) >= 11 is 0. The van der Waals surface area contributed by atoms with E-state index < -0.39 is 0 Å². The van der Waals surface area contributed by atoms with E-state index in [0.717, 1.165) is 43.7 Å². The number of Topliss-reactive ketones (excluding diaryl/α,β-unsaturated/α-hetero) is 1. The maximum absolute atomic E-state index is 13.0. The van der Waals surface area contributed by atoms with E-state index in [1.165, 1.54) is 11.3 Å². The molecule has 0 bridgehead atoms. The Kier molecular flexibility index (Phi) is 6.13. The van der Waals surface area contributed by atoms with Gasteiger partial charge >= 0.3 is 0 Å². The Morgan fingerprint density at radius 1 is 1.26 bits per heavy atom. The van der Waals surface area contributed by atoms with Crippen molar-refractivity contribution in [1.82, 2.24) is 9.97 Å². The van der Waals surface area contributed by atoms with Gasteiger partial charge in [-0.15, -0.1) is 0 Å². The first kappa shape index (κ1) is 20.8. The number of fused-ring (bicyclic) bond motifs is 1. The number of aromatic nitrogens is 2. The fourth-order valence-electron chi connectivity index (χ4n) is 3.80. The van der Waals surface area contributed by atoms with Gasteiger partial charge in [0.05, 0.1) is 18.8 Å². The summed E-state index contributed by atoms with van der Waals surface area (Å²) in [6, 6.07) is 10.6. The highest BCUT2D eigenvalue weighted by Crippen LogP contribution is 2.22. The minimum atomic E-state index is -0.174. The molecule has 2 aromatic heterocycles. The molecule has 0 atom stereocenters. The number of pyridine rings is 1. The van der Waals surface area contributed by atoms with E-state index in [4.69, 9.17) is 10.5 Å². The predicted molar refractivity (Wildman–Crippen MR) is 124 cm³/mol. The molecular weight excluding hydrogens is 390 g/mol. The van der Waals surface area contributed by atoms with E-state index in [2.05, 4.69) is 44.1 Å². The molecule has 0 unspecified atom stereocenters. The molecule has 1 fully saturated rings. The highest BCUT2D eigenvalue weighted by Gasteiger charge is 2.17. The molecular formula is C24H27N5O2. The van der Waals surface area contributed by atoms with Crippen molar-refractivity contribution < 1.29 is 9.53 Å². The van der Waals surface area contributed by atoms with Crippen LogP contribution in [0.5, 0.6) is 0 Å². The number of hydrogen-bond donors (Lipinski definition) is 2. The van der Waals surface area contributed by atoms with Crippen molar-refractivity contribution in [2.24, 2.45) is 10.7 Å². The number of carbonyl (C=O) groups excluding carboxylic acids is 1. The number of carbonyl (C=O) groups is 1. The van der Waals surface area contributed by atoms with Crippen LogP contribution in [-0.2, 0) is 11.2 Å². The highest BCUT2D eigenvalue weighted by atomic mass is 16.5. The van der Waals surface area contributed by atoms with Crippen LogP contribution < -0.4 is 10.6 Å². The van der Waals surface area contributed by atoms with E-state index in [-0.39, 0.29) is 5.78 Å². The molecule has 4 rings (SSSR count). The second-order valence-electron chi connectivity index (χ2n) is 7.71. The van der Waals surface area contributed by atoms with Crippen LogP contribution in [0.2, 0.25) is 0 Å². The van der Waals surface area contributed by atoms with E-state index >= 15 is 0 Å². The topological polar surface area (TPSA) is 96.6 Å². The molecule has 0 spiro atoms. The van der Waals surface area contributed by atoms with Gasteiger partial charge in [0.25, 0.3) is 0 Å². The van der Waals surface area contributed by atoms with Crippen molar-refractivity contribution in [2.75, 3.05) is 38.3 Å². The number of nitrogens with zero attached hydrogens (tertiary/aromatic N) is 3. The van der Waals surface area contributed by atoms with Crippen molar-refractivity contribution in [3.63, 3.8) is 0 Å². The summed E-state index contributed by atoms with van der Waals surface area (Å²) in [5, 5.41) is 0.789. The number of aromatic amines is 1. The molecule has 7 nitrogen and oxygen atoms in total. The number of rotatable bonds is 6. The first-order valence-electron chi connectivity index (χ1n) is 10.4. The largest absolute Gasteiger partial charge is 0.402 e. The number of aliphatic imine (C=N–C) groups is 1. The molecule has 3 N–H and O–H groups in total. The summed E-state index contributed by atoms with van der Waals surface area (Å²) in [6.07, 6.45) is 5.86. The van der Waals surface area contributed by atoms with E-state index in [0.29, 0.717) is 22.6 Å². The third-order valence-corrected chi connectivity index (χ3v) is 5.39. The normalized spacial score (nSPS) is 15.5. The second-order valence-corrected chi connectivity index (χ2v) is 7.71. The second kappa shape index (κ2) is 9.14. The van der Waals surface area contributed by atoms with Crippen LogP contribution in [-0.4, -0.2) is 54.8 Å². The van der Waals surface area contributed by atoms with Crippen LogP contribution in [0.3, 0.4) is 0 Å². The number of ether oxygens (including phenoxy) is 1. The summed E-state index contributed by atoms with van der Waals surface area (Å²) < 4.78 is 5.43. The molecule has 1 aliphatic rings. The number of benzene rings is 1. The van der Waals surface area contributed by atoms with Crippen molar-refractivity contribution >= 4 is 28.2 Å². The molecule has 0 radical (unpaired) electrons. The zero-order chi connectivity index (χ0) is 21.8. The Morgan fingerprint density at radius 2 is 2.00 bits per heavy atom. The molecule has 1 saturated heterocycles. The molecule has 0 saturated carbocycles. The Bertz CT molecular complexity index is 1130. The molecule has 1 aromatic carbocycles. The number of nitrogens with one attached hydrogen (secondary N) is 1. The van der Waals surface area contributed by atoms with Gasteiger partial charge in [0.2, 0.25) is 5.78 Å². The number of ketones is 1. The smallest absolute Gasteiger partial charge is 0.213 e. The predicted octanol–water partition coefficient (Wildman–Crippen LogP) is 3.11. The summed E-state index contributed by atoms with van der Waals surface area (Å²) in [7, 11) is 1.59. The molecule has 1 aliphatic heterocycles. The standard InChI is InChI=1S/C24H27N5O2/c1-16(25)11-22(26-2)23(30)21-15-28-24-20(21)13-18(14-27-24)12-17-3-5-19(6-4-17)29-7-9-31-10-8-29/h3-6,11,13-15H,7-10,12,25H2,1-2H3,(H,27,28). The Morgan fingerprint density at radius 3 is 2.68 bits per heavy atom. The van der Waals surface area contributed by atoms with Crippen LogP contribution >= 0.6 is 0 Å². The lowest BCUT2D eigenvalue weighted by Crippen LogP contribution is -2.36. The summed E-state index contributed by atoms with van der Waals surface area (Å²) in [5.41, 5.74) is 11.3. The number of allylic oxidation sites excluding steroid dienone is 2. The summed E-state index contributed by atoms with van der Waals surface area (Å²) in [4.78, 5) is 27.0. The van der Waals surface area contributed by atoms with Gasteiger partial charge in [-0.25, -0.2) is 4.98 Å². The van der Waals surface area contributed by atoms with Crippen molar-refractivity contribution in [3.8, 4) is 0 Å². The zero-order valence-electron chi connectivity index (χ0n) is 17.9. The van der Waals surface area contributed by atoms with Crippen molar-refractivity contribution in [1.29, 1.82) is 0 Å². The van der Waals surface area contributed by atoms with Crippen LogP contribution in [0.1, 0.15) is 28.4 Å². The average Bonchev–Trinajstić information content (AvgIpc) is 3.21. The van der Waals surface area contributed by atoms with E-state index in [1.54, 1.807) is 26.2 Å². The van der Waals surface area contributed by atoms with Gasteiger partial charge in [0.15, 0.2) is 0 Å². The summed E-state index contributed by atoms with van der Waals surface area (Å²) in [6.45, 7) is 5.13. The minimum absolute atomic E-state index is 0.174. The van der Waals surface area contributed by atoms with E-state index in [9.17, 15) is 4.79 Å². The lowest BCUT2D eigenvalue weighted by molar-refractivity contribution is 0.106. The van der Waals surface area contributed by atoms with Gasteiger partial charge < -0.3 is 20.4 Å². The molecule has 0 amide bonds. The third kappa shape index (κ3) is 4.67. The SMILES string of the molecule is CN=C(C=C(C)N)C(=O)c1c[nH]c2ncc(Cc3ccc(N4CCOCC4)cc3)cc12. The van der Waals surface area contributed by atoms with Crippen LogP contribution in [0, 0.1) is 0 Å². The highest BCUT2D eigenvalue weighted by molar-refractivity contribution is 6.51. The van der Waals surface area contributed by atoms with Crippen LogP contribution in [0.4, 0.5) is 5.69 Å². The minimum Gasteiger partial charge on any atom is -0.402 e. The van der Waals surface area contributed by atoms with Gasteiger partial charge in [-0.05, 0) is 48.7 Å². The van der Waals surface area contributed by atoms with Crippen molar-refractivity contribution in [2.45, 2.75) is 13.3 Å². The van der Waals surface area contributed by atoms with Crippen LogP contribution in [0.25, 0.3) is 11.0 Å². The van der Waals surface area contributed by atoms with E-state index in [1.807, 2.05) is 12.3 Å². The van der Waals surface area contributed by atoms with Crippen LogP contribution in [0.15, 0.2) is 59.5 Å². The van der Waals surface area contributed by atoms with Gasteiger partial charge in [-0.3, -0.25) is 9.79 Å². The lowest BCUT2D eigenvalue weighted by Gasteiger charge is -2.28. The number of morpholine rings is 1.